The van der Waals surface area contributed by atoms with Crippen LogP contribution in [0.5, 0.6) is 0 Å². The van der Waals surface area contributed by atoms with Gasteiger partial charge in [-0.3, -0.25) is 4.79 Å². The zero-order valence-electron chi connectivity index (χ0n) is 16.9. The number of pyridine rings is 2. The van der Waals surface area contributed by atoms with Gasteiger partial charge in [-0.1, -0.05) is 0 Å². The van der Waals surface area contributed by atoms with E-state index in [0.29, 0.717) is 34.5 Å². The molecular formula is C22H20FN3O4S. The topological polar surface area (TPSA) is 107 Å². The molecule has 0 spiro atoms. The molecule has 0 amide bonds. The fourth-order valence-corrected chi connectivity index (χ4v) is 5.78. The Morgan fingerprint density at radius 2 is 2.26 bits per heavy atom. The van der Waals surface area contributed by atoms with Crippen LogP contribution in [0.3, 0.4) is 0 Å². The molecule has 0 aliphatic carbocycles. The molecule has 2 unspecified atom stereocenters. The molecule has 0 fully saturated rings. The Labute approximate surface area is 181 Å². The number of rotatable bonds is 4. The highest BCUT2D eigenvalue weighted by Crippen LogP contribution is 2.47. The lowest BCUT2D eigenvalue weighted by Gasteiger charge is -2.26. The summed E-state index contributed by atoms with van der Waals surface area (Å²) in [4.78, 5) is 30.1. The van der Waals surface area contributed by atoms with Crippen LogP contribution < -0.4 is 11.3 Å². The second-order valence-corrected chi connectivity index (χ2v) is 8.88. The summed E-state index contributed by atoms with van der Waals surface area (Å²) in [7, 11) is 1.44. The number of halogens is 1. The Balaban J connectivity index is 1.86. The smallest absolute Gasteiger partial charge is 0.257 e. The Kier molecular flexibility index (Phi) is 4.74. The largest absolute Gasteiger partial charge is 0.381 e. The molecule has 160 valence electrons. The number of aliphatic hydroxyl groups excluding tert-OH is 1. The molecule has 5 rings (SSSR count). The standard InChI is InChI=1S/C22H20FN3O4S/c1-9-13(23)4-15-19-18(14(24)8-31-21(9)19)11-5-26-16(20(11)25-15)3-10(17(28)6-27)12(7-30-2)22(26)29/h3-4,6,14,17,28H,5,7-8,24H2,1-2H3. The minimum Gasteiger partial charge on any atom is -0.381 e. The van der Waals surface area contributed by atoms with Crippen molar-refractivity contribution in [3.63, 3.8) is 0 Å². The number of hydrogen-bond donors (Lipinski definition) is 2. The molecule has 7 nitrogen and oxygen atoms in total. The third-order valence-electron chi connectivity index (χ3n) is 6.07. The van der Waals surface area contributed by atoms with Gasteiger partial charge < -0.3 is 24.9 Å². The number of fused-ring (bicyclic) bond motifs is 4. The Morgan fingerprint density at radius 1 is 1.48 bits per heavy atom. The summed E-state index contributed by atoms with van der Waals surface area (Å²) >= 11 is 1.52. The van der Waals surface area contributed by atoms with E-state index >= 15 is 0 Å². The van der Waals surface area contributed by atoms with Gasteiger partial charge in [-0.15, -0.1) is 11.8 Å². The van der Waals surface area contributed by atoms with E-state index in [2.05, 4.69) is 0 Å². The Hall–Kier alpha value is -2.59. The molecule has 3 N–H and O–H groups in total. The molecule has 31 heavy (non-hydrogen) atoms. The van der Waals surface area contributed by atoms with E-state index in [1.54, 1.807) is 17.6 Å². The number of hydrogen-bond acceptors (Lipinski definition) is 7. The number of nitrogens with two attached hydrogens (primary N) is 1. The molecule has 2 aliphatic rings. The summed E-state index contributed by atoms with van der Waals surface area (Å²) in [6.07, 6.45) is -1.09. The van der Waals surface area contributed by atoms with Crippen molar-refractivity contribution in [2.75, 3.05) is 12.9 Å². The molecule has 0 bridgehead atoms. The van der Waals surface area contributed by atoms with E-state index in [1.807, 2.05) is 0 Å². The van der Waals surface area contributed by atoms with Gasteiger partial charge in [0.2, 0.25) is 0 Å². The number of methoxy groups -OCH3 is 1. The van der Waals surface area contributed by atoms with E-state index in [-0.39, 0.29) is 41.7 Å². The van der Waals surface area contributed by atoms with E-state index in [1.165, 1.54) is 24.9 Å². The number of ether oxygens (including phenoxy) is 1. The van der Waals surface area contributed by atoms with Crippen molar-refractivity contribution < 1.29 is 19.0 Å². The maximum absolute atomic E-state index is 14.6. The summed E-state index contributed by atoms with van der Waals surface area (Å²) in [5.74, 6) is 0.254. The van der Waals surface area contributed by atoms with Crippen molar-refractivity contribution in [3.8, 4) is 11.4 Å². The maximum Gasteiger partial charge on any atom is 0.257 e. The van der Waals surface area contributed by atoms with Crippen LogP contribution in [0.1, 0.15) is 40.0 Å². The molecule has 2 aromatic heterocycles. The molecule has 2 aliphatic heterocycles. The minimum atomic E-state index is -1.46. The van der Waals surface area contributed by atoms with Crippen LogP contribution in [0.2, 0.25) is 0 Å². The highest BCUT2D eigenvalue weighted by Gasteiger charge is 2.34. The van der Waals surface area contributed by atoms with Crippen molar-refractivity contribution in [3.05, 3.63) is 56.1 Å². The fourth-order valence-electron chi connectivity index (χ4n) is 4.59. The number of carbonyl (C=O) groups excluding carboxylic acids is 1. The first-order valence-electron chi connectivity index (χ1n) is 9.80. The molecular weight excluding hydrogens is 421 g/mol. The zero-order chi connectivity index (χ0) is 22.0. The molecule has 0 radical (unpaired) electrons. The van der Waals surface area contributed by atoms with Gasteiger partial charge in [0.1, 0.15) is 11.9 Å². The van der Waals surface area contributed by atoms with E-state index in [9.17, 15) is 19.1 Å². The average Bonchev–Trinajstić information content (AvgIpc) is 3.12. The summed E-state index contributed by atoms with van der Waals surface area (Å²) in [5.41, 5.74) is 10.3. The fraction of sp³-hybridized carbons (Fsp3) is 0.318. The van der Waals surface area contributed by atoms with Crippen LogP contribution in [0, 0.1) is 12.7 Å². The van der Waals surface area contributed by atoms with Gasteiger partial charge in [-0.2, -0.15) is 0 Å². The SMILES string of the molecule is COCc1c(C(O)C=O)cc2n(c1=O)Cc1c-2nc2cc(F)c(C)c3c2c1C(N)CS3. The Bertz CT molecular complexity index is 1340. The van der Waals surface area contributed by atoms with Crippen molar-refractivity contribution in [2.45, 2.75) is 37.1 Å². The lowest BCUT2D eigenvalue weighted by Crippen LogP contribution is -2.26. The molecule has 0 saturated heterocycles. The van der Waals surface area contributed by atoms with Crippen LogP contribution in [-0.2, 0) is 22.7 Å². The predicted molar refractivity (Wildman–Crippen MR) is 115 cm³/mol. The normalized spacial score (nSPS) is 17.5. The maximum atomic E-state index is 14.6. The first-order valence-corrected chi connectivity index (χ1v) is 10.8. The molecule has 3 aromatic rings. The van der Waals surface area contributed by atoms with Crippen LogP contribution in [-0.4, -0.2) is 33.8 Å². The van der Waals surface area contributed by atoms with Crippen LogP contribution in [0.4, 0.5) is 4.39 Å². The molecule has 9 heteroatoms. The number of aldehydes is 1. The predicted octanol–water partition coefficient (Wildman–Crippen LogP) is 2.36. The summed E-state index contributed by atoms with van der Waals surface area (Å²) in [6.45, 7) is 1.97. The van der Waals surface area contributed by atoms with Crippen LogP contribution in [0.15, 0.2) is 21.8 Å². The molecule has 4 heterocycles. The van der Waals surface area contributed by atoms with Gasteiger partial charge in [-0.05, 0) is 24.1 Å². The number of carbonyl (C=O) groups is 1. The number of aromatic nitrogens is 2. The lowest BCUT2D eigenvalue weighted by molar-refractivity contribution is -0.115. The van der Waals surface area contributed by atoms with E-state index < -0.39 is 6.10 Å². The second kappa shape index (κ2) is 7.23. The van der Waals surface area contributed by atoms with Crippen LogP contribution in [0.25, 0.3) is 22.3 Å². The van der Waals surface area contributed by atoms with Crippen LogP contribution >= 0.6 is 11.8 Å². The Morgan fingerprint density at radius 3 is 2.97 bits per heavy atom. The number of nitrogens with zero attached hydrogens (tertiary/aromatic N) is 2. The van der Waals surface area contributed by atoms with Crippen molar-refractivity contribution >= 4 is 29.0 Å². The van der Waals surface area contributed by atoms with Crippen molar-refractivity contribution in [1.82, 2.24) is 9.55 Å². The number of aliphatic hydroxyl groups is 1. The lowest BCUT2D eigenvalue weighted by atomic mass is 9.94. The van der Waals surface area contributed by atoms with Gasteiger partial charge in [0.05, 0.1) is 30.1 Å². The summed E-state index contributed by atoms with van der Waals surface area (Å²) in [6, 6.07) is 2.71. The van der Waals surface area contributed by atoms with Crippen molar-refractivity contribution in [2.24, 2.45) is 5.73 Å². The zero-order valence-corrected chi connectivity index (χ0v) is 17.8. The van der Waals surface area contributed by atoms with Gasteiger partial charge in [-0.25, -0.2) is 9.37 Å². The molecule has 2 atom stereocenters. The average molecular weight is 441 g/mol. The summed E-state index contributed by atoms with van der Waals surface area (Å²) in [5, 5.41) is 11.0. The van der Waals surface area contributed by atoms with Gasteiger partial charge in [0.25, 0.3) is 5.56 Å². The van der Waals surface area contributed by atoms with Gasteiger partial charge in [0.15, 0.2) is 6.29 Å². The summed E-state index contributed by atoms with van der Waals surface area (Å²) < 4.78 is 21.3. The van der Waals surface area contributed by atoms with Crippen molar-refractivity contribution in [1.29, 1.82) is 0 Å². The molecule has 1 aromatic carbocycles. The van der Waals surface area contributed by atoms with Gasteiger partial charge >= 0.3 is 0 Å². The van der Waals surface area contributed by atoms with E-state index in [4.69, 9.17) is 15.5 Å². The highest BCUT2D eigenvalue weighted by molar-refractivity contribution is 7.99. The number of benzene rings is 1. The first kappa shape index (κ1) is 20.3. The third-order valence-corrected chi connectivity index (χ3v) is 7.39. The second-order valence-electron chi connectivity index (χ2n) is 7.85. The molecule has 0 saturated carbocycles. The number of thioether (sulfide) groups is 1. The van der Waals surface area contributed by atoms with E-state index in [0.717, 1.165) is 21.4 Å². The quantitative estimate of drug-likeness (QED) is 0.468. The monoisotopic (exact) mass is 441 g/mol. The highest BCUT2D eigenvalue weighted by atomic mass is 32.2. The van der Waals surface area contributed by atoms with Gasteiger partial charge in [0, 0.05) is 51.9 Å². The minimum absolute atomic E-state index is 0.0390. The third kappa shape index (κ3) is 2.81. The first-order chi connectivity index (χ1) is 14.9.